The average molecular weight is 283 g/mol. The minimum absolute atomic E-state index is 0.0535. The van der Waals surface area contributed by atoms with Crippen molar-refractivity contribution in [2.45, 2.75) is 38.6 Å². The molecule has 1 aromatic rings. The van der Waals surface area contributed by atoms with Crippen LogP contribution in [0.25, 0.3) is 0 Å². The largest absolute Gasteiger partial charge is 0.395 e. The monoisotopic (exact) mass is 283 g/mol. The first-order chi connectivity index (χ1) is 10.2. The van der Waals surface area contributed by atoms with Gasteiger partial charge in [0.15, 0.2) is 0 Å². The molecule has 2 unspecified atom stereocenters. The van der Waals surface area contributed by atoms with Gasteiger partial charge >= 0.3 is 0 Å². The normalized spacial score (nSPS) is 23.0. The van der Waals surface area contributed by atoms with Crippen LogP contribution in [0.4, 0.5) is 0 Å². The average Bonchev–Trinajstić information content (AvgIpc) is 3.10. The lowest BCUT2D eigenvalue weighted by atomic mass is 10.0. The topological polar surface area (TPSA) is 40.5 Å². The summed E-state index contributed by atoms with van der Waals surface area (Å²) in [5, 5.41) is 8.84. The molecule has 2 aliphatic rings. The van der Waals surface area contributed by atoms with Crippen molar-refractivity contribution in [1.82, 2.24) is 4.90 Å². The summed E-state index contributed by atoms with van der Waals surface area (Å²) in [7, 11) is 0. The third-order valence-corrected chi connectivity index (χ3v) is 4.54. The maximum Gasteiger partial charge on any atom is 0.255 e. The maximum absolute atomic E-state index is 12.8. The first-order valence-electron chi connectivity index (χ1n) is 7.70. The fourth-order valence-electron chi connectivity index (χ4n) is 3.49. The summed E-state index contributed by atoms with van der Waals surface area (Å²) in [6.45, 7) is 2.96. The van der Waals surface area contributed by atoms with Gasteiger partial charge in [-0.15, -0.1) is 0 Å². The van der Waals surface area contributed by atoms with Gasteiger partial charge in [-0.05, 0) is 49.8 Å². The number of aliphatic hydroxyl groups is 1. The Morgan fingerprint density at radius 3 is 2.95 bits per heavy atom. The Hall–Kier alpha value is -1.79. The van der Waals surface area contributed by atoms with Crippen LogP contribution in [0.3, 0.4) is 0 Å². The van der Waals surface area contributed by atoms with E-state index in [1.54, 1.807) is 0 Å². The van der Waals surface area contributed by atoms with Gasteiger partial charge in [0.1, 0.15) is 0 Å². The molecule has 3 heteroatoms. The van der Waals surface area contributed by atoms with Crippen molar-refractivity contribution in [3.8, 4) is 11.8 Å². The Morgan fingerprint density at radius 2 is 2.29 bits per heavy atom. The number of hydrogen-bond donors (Lipinski definition) is 1. The molecule has 1 aliphatic heterocycles. The molecule has 1 heterocycles. The van der Waals surface area contributed by atoms with E-state index in [1.165, 1.54) is 12.8 Å². The Labute approximate surface area is 126 Å². The van der Waals surface area contributed by atoms with Crippen LogP contribution >= 0.6 is 0 Å². The molecular formula is C18H21NO2. The van der Waals surface area contributed by atoms with Crippen LogP contribution in [0.2, 0.25) is 0 Å². The Balaban J connectivity index is 1.87. The van der Waals surface area contributed by atoms with Crippen molar-refractivity contribution in [3.05, 3.63) is 34.9 Å². The second-order valence-electron chi connectivity index (χ2n) is 6.11. The van der Waals surface area contributed by atoms with Crippen LogP contribution < -0.4 is 0 Å². The van der Waals surface area contributed by atoms with Crippen molar-refractivity contribution in [2.24, 2.45) is 5.92 Å². The van der Waals surface area contributed by atoms with E-state index >= 15 is 0 Å². The van der Waals surface area contributed by atoms with Gasteiger partial charge in [0.2, 0.25) is 0 Å². The summed E-state index contributed by atoms with van der Waals surface area (Å²) in [6.07, 6.45) is 4.03. The number of hydrogen-bond acceptors (Lipinski definition) is 2. The Morgan fingerprint density at radius 1 is 1.43 bits per heavy atom. The fourth-order valence-corrected chi connectivity index (χ4v) is 3.49. The molecule has 21 heavy (non-hydrogen) atoms. The number of aliphatic hydroxyl groups excluding tert-OH is 1. The predicted molar refractivity (Wildman–Crippen MR) is 81.9 cm³/mol. The zero-order valence-corrected chi connectivity index (χ0v) is 12.4. The van der Waals surface area contributed by atoms with Gasteiger partial charge in [0.25, 0.3) is 5.91 Å². The number of fused-ring (bicyclic) bond motifs is 2. The van der Waals surface area contributed by atoms with Crippen LogP contribution in [0.1, 0.15) is 47.2 Å². The third kappa shape index (κ3) is 2.82. The van der Waals surface area contributed by atoms with Crippen LogP contribution in [0.15, 0.2) is 18.2 Å². The second-order valence-corrected chi connectivity index (χ2v) is 6.11. The molecule has 2 fully saturated rings. The number of amides is 1. The van der Waals surface area contributed by atoms with E-state index in [9.17, 15) is 4.79 Å². The van der Waals surface area contributed by atoms with Crippen molar-refractivity contribution >= 4 is 5.91 Å². The highest BCUT2D eigenvalue weighted by Crippen LogP contribution is 2.38. The SMILES string of the molecule is Cc1ccc(C(=O)N2CC3CCC2C3)c(C#CCCO)c1. The van der Waals surface area contributed by atoms with Gasteiger partial charge in [0, 0.05) is 24.6 Å². The molecule has 1 aliphatic carbocycles. The molecule has 0 radical (unpaired) electrons. The highest BCUT2D eigenvalue weighted by molar-refractivity contribution is 5.97. The smallest absolute Gasteiger partial charge is 0.255 e. The molecule has 2 bridgehead atoms. The number of rotatable bonds is 2. The summed E-state index contributed by atoms with van der Waals surface area (Å²) in [5.41, 5.74) is 2.60. The summed E-state index contributed by atoms with van der Waals surface area (Å²) >= 11 is 0. The van der Waals surface area contributed by atoms with E-state index in [4.69, 9.17) is 5.11 Å². The number of piperidine rings is 1. The third-order valence-electron chi connectivity index (χ3n) is 4.54. The highest BCUT2D eigenvalue weighted by Gasteiger charge is 2.40. The molecule has 110 valence electrons. The lowest BCUT2D eigenvalue weighted by molar-refractivity contribution is 0.0703. The molecule has 2 atom stereocenters. The minimum atomic E-state index is 0.0535. The molecular weight excluding hydrogens is 262 g/mol. The minimum Gasteiger partial charge on any atom is -0.395 e. The van der Waals surface area contributed by atoms with E-state index in [0.29, 0.717) is 23.9 Å². The van der Waals surface area contributed by atoms with Gasteiger partial charge in [-0.1, -0.05) is 17.9 Å². The number of aryl methyl sites for hydroxylation is 1. The zero-order valence-electron chi connectivity index (χ0n) is 12.4. The summed E-state index contributed by atoms with van der Waals surface area (Å²) < 4.78 is 0. The molecule has 1 N–H and O–H groups in total. The number of benzene rings is 1. The van der Waals surface area contributed by atoms with E-state index in [2.05, 4.69) is 11.8 Å². The van der Waals surface area contributed by atoms with Gasteiger partial charge in [-0.25, -0.2) is 0 Å². The molecule has 3 nitrogen and oxygen atoms in total. The molecule has 1 amide bonds. The van der Waals surface area contributed by atoms with Crippen molar-refractivity contribution in [1.29, 1.82) is 0 Å². The van der Waals surface area contributed by atoms with Gasteiger partial charge in [-0.2, -0.15) is 0 Å². The predicted octanol–water partition coefficient (Wildman–Crippen LogP) is 2.35. The molecule has 0 spiro atoms. The summed E-state index contributed by atoms with van der Waals surface area (Å²) in [6, 6.07) is 6.26. The van der Waals surface area contributed by atoms with E-state index in [0.717, 1.165) is 24.1 Å². The van der Waals surface area contributed by atoms with Crippen LogP contribution in [0, 0.1) is 24.7 Å². The molecule has 1 aromatic carbocycles. The summed E-state index contributed by atoms with van der Waals surface area (Å²) in [4.78, 5) is 14.8. The lowest BCUT2D eigenvalue weighted by Crippen LogP contribution is -2.38. The second kappa shape index (κ2) is 5.91. The number of nitrogens with zero attached hydrogens (tertiary/aromatic N) is 1. The van der Waals surface area contributed by atoms with Gasteiger partial charge in [-0.3, -0.25) is 4.79 Å². The van der Waals surface area contributed by atoms with Crippen molar-refractivity contribution in [2.75, 3.05) is 13.2 Å². The van der Waals surface area contributed by atoms with E-state index in [1.807, 2.05) is 30.0 Å². The van der Waals surface area contributed by atoms with Crippen LogP contribution in [-0.4, -0.2) is 35.1 Å². The number of likely N-dealkylation sites (tertiary alicyclic amines) is 1. The van der Waals surface area contributed by atoms with E-state index in [-0.39, 0.29) is 12.5 Å². The molecule has 1 saturated heterocycles. The van der Waals surface area contributed by atoms with Gasteiger partial charge < -0.3 is 10.0 Å². The molecule has 1 saturated carbocycles. The fraction of sp³-hybridized carbons (Fsp3) is 0.500. The van der Waals surface area contributed by atoms with Crippen molar-refractivity contribution < 1.29 is 9.90 Å². The number of carbonyl (C=O) groups is 1. The summed E-state index contributed by atoms with van der Waals surface area (Å²) in [5.74, 6) is 6.80. The number of carbonyl (C=O) groups excluding carboxylic acids is 1. The van der Waals surface area contributed by atoms with Gasteiger partial charge in [0.05, 0.1) is 12.2 Å². The maximum atomic E-state index is 12.8. The van der Waals surface area contributed by atoms with Crippen LogP contribution in [-0.2, 0) is 0 Å². The van der Waals surface area contributed by atoms with Crippen LogP contribution in [0.5, 0.6) is 0 Å². The first-order valence-corrected chi connectivity index (χ1v) is 7.70. The zero-order chi connectivity index (χ0) is 14.8. The standard InChI is InChI=1S/C18H21NO2/c1-13-5-8-17(15(10-13)4-2-3-9-20)18(21)19-12-14-6-7-16(19)11-14/h5,8,10,14,16,20H,3,6-7,9,11-12H2,1H3. The highest BCUT2D eigenvalue weighted by atomic mass is 16.2. The Bertz CT molecular complexity index is 611. The lowest BCUT2D eigenvalue weighted by Gasteiger charge is -2.27. The quantitative estimate of drug-likeness (QED) is 0.846. The van der Waals surface area contributed by atoms with E-state index < -0.39 is 0 Å². The molecule has 3 rings (SSSR count). The van der Waals surface area contributed by atoms with Crippen molar-refractivity contribution in [3.63, 3.8) is 0 Å². The Kier molecular flexibility index (Phi) is 3.98. The first kappa shape index (κ1) is 14.2. The molecule has 0 aromatic heterocycles.